The summed E-state index contributed by atoms with van der Waals surface area (Å²) < 4.78 is 5.18. The molecule has 80 valence electrons. The second-order valence-electron chi connectivity index (χ2n) is 3.27. The van der Waals surface area contributed by atoms with Crippen LogP contribution in [0.4, 0.5) is 0 Å². The second-order valence-corrected chi connectivity index (χ2v) is 3.27. The van der Waals surface area contributed by atoms with Crippen molar-refractivity contribution in [2.45, 2.75) is 0 Å². The molecule has 0 unspecified atom stereocenters. The van der Waals surface area contributed by atoms with Crippen LogP contribution >= 0.6 is 0 Å². The van der Waals surface area contributed by atoms with Crippen molar-refractivity contribution < 1.29 is 4.42 Å². The number of rotatable bonds is 3. The van der Waals surface area contributed by atoms with Crippen LogP contribution in [0.5, 0.6) is 0 Å². The molecule has 0 bridgehead atoms. The standard InChI is InChI=1S/C12H11N3O/c1-15(2)6-5-11(10(8-13)9-14)12-4-3-7-16-12/h3-7H,1-2H3/b6-5-. The van der Waals surface area contributed by atoms with Gasteiger partial charge in [0.25, 0.3) is 0 Å². The van der Waals surface area contributed by atoms with E-state index in [0.29, 0.717) is 11.3 Å². The Hall–Kier alpha value is -2.46. The Morgan fingerprint density at radius 3 is 2.50 bits per heavy atom. The first-order valence-electron chi connectivity index (χ1n) is 4.62. The molecule has 0 aromatic carbocycles. The predicted octanol–water partition coefficient (Wildman–Crippen LogP) is 2.16. The molecular formula is C12H11N3O. The fourth-order valence-corrected chi connectivity index (χ4v) is 1.09. The molecule has 0 saturated carbocycles. The Bertz CT molecular complexity index is 465. The van der Waals surface area contributed by atoms with E-state index in [1.54, 1.807) is 24.4 Å². The number of hydrogen-bond donors (Lipinski definition) is 0. The maximum Gasteiger partial charge on any atom is 0.140 e. The van der Waals surface area contributed by atoms with Crippen LogP contribution in [0.1, 0.15) is 5.76 Å². The Morgan fingerprint density at radius 1 is 1.38 bits per heavy atom. The second kappa shape index (κ2) is 5.43. The van der Waals surface area contributed by atoms with E-state index in [1.165, 1.54) is 6.26 Å². The molecule has 0 aliphatic carbocycles. The monoisotopic (exact) mass is 213 g/mol. The van der Waals surface area contributed by atoms with E-state index in [2.05, 4.69) is 0 Å². The third-order valence-corrected chi connectivity index (χ3v) is 1.82. The van der Waals surface area contributed by atoms with Gasteiger partial charge in [-0.3, -0.25) is 0 Å². The van der Waals surface area contributed by atoms with Crippen molar-refractivity contribution >= 4 is 5.57 Å². The fraction of sp³-hybridized carbons (Fsp3) is 0.167. The SMILES string of the molecule is CN(C)/C=C\C(=C(C#N)C#N)c1ccco1. The number of hydrogen-bond acceptors (Lipinski definition) is 4. The lowest BCUT2D eigenvalue weighted by atomic mass is 10.1. The topological polar surface area (TPSA) is 64.0 Å². The van der Waals surface area contributed by atoms with Crippen molar-refractivity contribution in [2.75, 3.05) is 14.1 Å². The molecule has 1 aromatic rings. The van der Waals surface area contributed by atoms with E-state index in [9.17, 15) is 0 Å². The van der Waals surface area contributed by atoms with Crippen LogP contribution in [0.3, 0.4) is 0 Å². The van der Waals surface area contributed by atoms with Crippen molar-refractivity contribution in [1.29, 1.82) is 10.5 Å². The van der Waals surface area contributed by atoms with E-state index in [4.69, 9.17) is 14.9 Å². The molecule has 0 fully saturated rings. The molecule has 0 aliphatic rings. The molecule has 16 heavy (non-hydrogen) atoms. The highest BCUT2D eigenvalue weighted by Crippen LogP contribution is 2.20. The smallest absolute Gasteiger partial charge is 0.140 e. The van der Waals surface area contributed by atoms with Crippen molar-refractivity contribution in [1.82, 2.24) is 4.90 Å². The number of allylic oxidation sites excluding steroid dienone is 3. The van der Waals surface area contributed by atoms with Crippen LogP contribution < -0.4 is 0 Å². The summed E-state index contributed by atoms with van der Waals surface area (Å²) in [5.41, 5.74) is 0.525. The Labute approximate surface area is 94.3 Å². The zero-order chi connectivity index (χ0) is 12.0. The molecule has 0 aliphatic heterocycles. The fourth-order valence-electron chi connectivity index (χ4n) is 1.09. The van der Waals surface area contributed by atoms with Crippen LogP contribution in [0.25, 0.3) is 5.57 Å². The summed E-state index contributed by atoms with van der Waals surface area (Å²) in [5, 5.41) is 17.7. The van der Waals surface area contributed by atoms with Crippen LogP contribution in [0.2, 0.25) is 0 Å². The highest BCUT2D eigenvalue weighted by Gasteiger charge is 2.08. The maximum absolute atomic E-state index is 8.84. The first-order valence-corrected chi connectivity index (χ1v) is 4.62. The molecule has 0 saturated heterocycles. The van der Waals surface area contributed by atoms with Gasteiger partial charge in [0, 0.05) is 19.7 Å². The molecule has 0 amide bonds. The quantitative estimate of drug-likeness (QED) is 0.570. The van der Waals surface area contributed by atoms with Crippen molar-refractivity contribution in [3.63, 3.8) is 0 Å². The minimum atomic E-state index is 0.0352. The zero-order valence-electron chi connectivity index (χ0n) is 9.14. The summed E-state index contributed by atoms with van der Waals surface area (Å²) in [4.78, 5) is 1.81. The van der Waals surface area contributed by atoms with Gasteiger partial charge < -0.3 is 9.32 Å². The molecule has 1 aromatic heterocycles. The predicted molar refractivity (Wildman–Crippen MR) is 59.7 cm³/mol. The van der Waals surface area contributed by atoms with Gasteiger partial charge in [-0.15, -0.1) is 0 Å². The Morgan fingerprint density at radius 2 is 2.06 bits per heavy atom. The molecule has 0 atom stereocenters. The van der Waals surface area contributed by atoms with E-state index in [-0.39, 0.29) is 5.57 Å². The Balaban J connectivity index is 3.22. The van der Waals surface area contributed by atoms with E-state index in [1.807, 2.05) is 31.1 Å². The summed E-state index contributed by atoms with van der Waals surface area (Å²) in [7, 11) is 3.71. The van der Waals surface area contributed by atoms with Crippen molar-refractivity contribution in [2.24, 2.45) is 0 Å². The van der Waals surface area contributed by atoms with Gasteiger partial charge in [-0.2, -0.15) is 10.5 Å². The first-order chi connectivity index (χ1) is 7.69. The maximum atomic E-state index is 8.84. The largest absolute Gasteiger partial charge is 0.464 e. The third kappa shape index (κ3) is 2.76. The summed E-state index contributed by atoms with van der Waals surface area (Å²) in [5.74, 6) is 0.510. The third-order valence-electron chi connectivity index (χ3n) is 1.82. The van der Waals surface area contributed by atoms with Crippen molar-refractivity contribution in [3.05, 3.63) is 42.0 Å². The van der Waals surface area contributed by atoms with Gasteiger partial charge in [0.2, 0.25) is 0 Å². The average molecular weight is 213 g/mol. The molecule has 0 radical (unpaired) electrons. The number of nitrogens with zero attached hydrogens (tertiary/aromatic N) is 3. The van der Waals surface area contributed by atoms with Crippen LogP contribution in [0, 0.1) is 22.7 Å². The van der Waals surface area contributed by atoms with Gasteiger partial charge >= 0.3 is 0 Å². The van der Waals surface area contributed by atoms with Crippen LogP contribution in [-0.4, -0.2) is 19.0 Å². The van der Waals surface area contributed by atoms with E-state index in [0.717, 1.165) is 0 Å². The first kappa shape index (κ1) is 11.6. The summed E-state index contributed by atoms with van der Waals surface area (Å²) in [6, 6.07) is 7.13. The lowest BCUT2D eigenvalue weighted by molar-refractivity contribution is 0.551. The van der Waals surface area contributed by atoms with Crippen LogP contribution in [-0.2, 0) is 0 Å². The van der Waals surface area contributed by atoms with E-state index >= 15 is 0 Å². The summed E-state index contributed by atoms with van der Waals surface area (Å²) >= 11 is 0. The van der Waals surface area contributed by atoms with Crippen molar-refractivity contribution in [3.8, 4) is 12.1 Å². The normalized spacial score (nSPS) is 9.50. The molecular weight excluding hydrogens is 202 g/mol. The zero-order valence-corrected chi connectivity index (χ0v) is 9.14. The number of furan rings is 1. The van der Waals surface area contributed by atoms with Gasteiger partial charge in [-0.05, 0) is 24.4 Å². The minimum absolute atomic E-state index is 0.0352. The molecule has 4 heteroatoms. The Kier molecular flexibility index (Phi) is 3.94. The minimum Gasteiger partial charge on any atom is -0.464 e. The lowest BCUT2D eigenvalue weighted by Crippen LogP contribution is -2.00. The molecule has 1 rings (SSSR count). The van der Waals surface area contributed by atoms with Gasteiger partial charge in [-0.25, -0.2) is 0 Å². The molecule has 0 N–H and O–H groups in total. The highest BCUT2D eigenvalue weighted by atomic mass is 16.3. The van der Waals surface area contributed by atoms with Gasteiger partial charge in [0.15, 0.2) is 0 Å². The van der Waals surface area contributed by atoms with E-state index < -0.39 is 0 Å². The van der Waals surface area contributed by atoms with Gasteiger partial charge in [-0.1, -0.05) is 0 Å². The summed E-state index contributed by atoms with van der Waals surface area (Å²) in [6.07, 6.45) is 4.94. The highest BCUT2D eigenvalue weighted by molar-refractivity contribution is 5.79. The van der Waals surface area contributed by atoms with Gasteiger partial charge in [0.1, 0.15) is 23.5 Å². The van der Waals surface area contributed by atoms with Crippen LogP contribution in [0.15, 0.2) is 40.7 Å². The molecule has 4 nitrogen and oxygen atoms in total. The number of nitriles is 2. The summed E-state index contributed by atoms with van der Waals surface area (Å²) in [6.45, 7) is 0. The lowest BCUT2D eigenvalue weighted by Gasteiger charge is -2.04. The molecule has 1 heterocycles. The van der Waals surface area contributed by atoms with Gasteiger partial charge in [0.05, 0.1) is 6.26 Å². The molecule has 0 spiro atoms. The average Bonchev–Trinajstić information content (AvgIpc) is 2.77.